The van der Waals surface area contributed by atoms with E-state index in [-0.39, 0.29) is 10.8 Å². The van der Waals surface area contributed by atoms with Gasteiger partial charge in [0, 0.05) is 23.7 Å². The number of nitrogens with one attached hydrogen (secondary N) is 2. The minimum atomic E-state index is -3.90. The standard InChI is InChI=1S/C20H18N4O4S2/c21-12-13-3-5-14(6-4-13)23-30(27,28)15-7-8-17-16(11-15)22-19(25)18(29-17)20(26)24-9-1-2-10-24/h3-8,11,18,23H,1-2,9-10H2,(H,22,25)/t18-/m1/s1. The monoisotopic (exact) mass is 442 g/mol. The van der Waals surface area contributed by atoms with Gasteiger partial charge < -0.3 is 10.2 Å². The Labute approximate surface area is 178 Å². The second-order valence-corrected chi connectivity index (χ2v) is 9.80. The zero-order valence-electron chi connectivity index (χ0n) is 15.8. The van der Waals surface area contributed by atoms with Crippen LogP contribution >= 0.6 is 11.8 Å². The van der Waals surface area contributed by atoms with E-state index in [1.807, 2.05) is 6.07 Å². The van der Waals surface area contributed by atoms with E-state index in [1.165, 1.54) is 36.4 Å². The van der Waals surface area contributed by atoms with Crippen molar-refractivity contribution in [3.63, 3.8) is 0 Å². The largest absolute Gasteiger partial charge is 0.341 e. The highest BCUT2D eigenvalue weighted by molar-refractivity contribution is 8.01. The van der Waals surface area contributed by atoms with Crippen LogP contribution in [-0.4, -0.2) is 43.5 Å². The number of sulfonamides is 1. The van der Waals surface area contributed by atoms with Crippen LogP contribution in [0.1, 0.15) is 18.4 Å². The van der Waals surface area contributed by atoms with Gasteiger partial charge in [-0.1, -0.05) is 0 Å². The Hall–Kier alpha value is -3.03. The average Bonchev–Trinajstić information content (AvgIpc) is 3.27. The third kappa shape index (κ3) is 3.99. The SMILES string of the molecule is N#Cc1ccc(NS(=O)(=O)c2ccc3c(c2)NC(=O)[C@H](C(=O)N2CCCC2)S3)cc1. The van der Waals surface area contributed by atoms with Crippen LogP contribution in [0.25, 0.3) is 0 Å². The topological polar surface area (TPSA) is 119 Å². The summed E-state index contributed by atoms with van der Waals surface area (Å²) in [5, 5.41) is 10.6. The molecule has 2 aromatic carbocycles. The van der Waals surface area contributed by atoms with Gasteiger partial charge in [0.2, 0.25) is 11.8 Å². The number of nitriles is 1. The number of carbonyl (C=O) groups is 2. The first-order valence-electron chi connectivity index (χ1n) is 9.31. The highest BCUT2D eigenvalue weighted by Crippen LogP contribution is 2.38. The van der Waals surface area contributed by atoms with Crippen LogP contribution in [0, 0.1) is 11.3 Å². The Morgan fingerprint density at radius 1 is 1.17 bits per heavy atom. The number of anilines is 2. The normalized spacial score (nSPS) is 18.3. The minimum absolute atomic E-state index is 0.0178. The molecular weight excluding hydrogens is 424 g/mol. The highest BCUT2D eigenvalue weighted by Gasteiger charge is 2.37. The van der Waals surface area contributed by atoms with Crippen molar-refractivity contribution >= 4 is 45.0 Å². The third-order valence-electron chi connectivity index (χ3n) is 4.91. The molecular formula is C20H18N4O4S2. The lowest BCUT2D eigenvalue weighted by Gasteiger charge is -2.27. The maximum Gasteiger partial charge on any atom is 0.261 e. The molecule has 1 atom stereocenters. The number of likely N-dealkylation sites (tertiary alicyclic amines) is 1. The first-order chi connectivity index (χ1) is 14.4. The Morgan fingerprint density at radius 2 is 1.87 bits per heavy atom. The molecule has 2 aliphatic rings. The van der Waals surface area contributed by atoms with Crippen molar-refractivity contribution in [3.05, 3.63) is 48.0 Å². The summed E-state index contributed by atoms with van der Waals surface area (Å²) in [4.78, 5) is 27.4. The molecule has 0 aliphatic carbocycles. The van der Waals surface area contributed by atoms with E-state index in [0.717, 1.165) is 24.6 Å². The molecule has 2 aromatic rings. The van der Waals surface area contributed by atoms with Crippen molar-refractivity contribution in [2.24, 2.45) is 0 Å². The van der Waals surface area contributed by atoms with Crippen molar-refractivity contribution in [1.29, 1.82) is 5.26 Å². The zero-order chi connectivity index (χ0) is 21.3. The summed E-state index contributed by atoms with van der Waals surface area (Å²) in [7, 11) is -3.90. The van der Waals surface area contributed by atoms with Crippen LogP contribution < -0.4 is 10.0 Å². The molecule has 4 rings (SSSR count). The van der Waals surface area contributed by atoms with Crippen LogP contribution in [0.15, 0.2) is 52.3 Å². The Balaban J connectivity index is 1.54. The number of benzene rings is 2. The lowest BCUT2D eigenvalue weighted by Crippen LogP contribution is -2.43. The van der Waals surface area contributed by atoms with E-state index in [9.17, 15) is 18.0 Å². The van der Waals surface area contributed by atoms with Crippen LogP contribution in [0.3, 0.4) is 0 Å². The van der Waals surface area contributed by atoms with E-state index < -0.39 is 21.2 Å². The summed E-state index contributed by atoms with van der Waals surface area (Å²) in [6.07, 6.45) is 1.88. The molecule has 30 heavy (non-hydrogen) atoms. The van der Waals surface area contributed by atoms with Gasteiger partial charge in [-0.05, 0) is 55.3 Å². The average molecular weight is 443 g/mol. The smallest absolute Gasteiger partial charge is 0.261 e. The lowest BCUT2D eigenvalue weighted by atomic mass is 10.2. The number of rotatable bonds is 4. The fourth-order valence-electron chi connectivity index (χ4n) is 3.35. The molecule has 0 saturated carbocycles. The first-order valence-corrected chi connectivity index (χ1v) is 11.7. The van der Waals surface area contributed by atoms with Crippen molar-refractivity contribution in [1.82, 2.24) is 4.90 Å². The Morgan fingerprint density at radius 3 is 2.53 bits per heavy atom. The lowest BCUT2D eigenvalue weighted by molar-refractivity contribution is -0.133. The number of carbonyl (C=O) groups excluding carboxylic acids is 2. The molecule has 8 nitrogen and oxygen atoms in total. The fourth-order valence-corrected chi connectivity index (χ4v) is 5.49. The van der Waals surface area contributed by atoms with Gasteiger partial charge in [-0.2, -0.15) is 5.26 Å². The van der Waals surface area contributed by atoms with E-state index in [4.69, 9.17) is 5.26 Å². The Bertz CT molecular complexity index is 1150. The molecule has 2 aliphatic heterocycles. The number of nitrogens with zero attached hydrogens (tertiary/aromatic N) is 2. The summed E-state index contributed by atoms with van der Waals surface area (Å²) in [5.41, 5.74) is 1.10. The summed E-state index contributed by atoms with van der Waals surface area (Å²) in [5.74, 6) is -0.654. The second-order valence-electron chi connectivity index (χ2n) is 6.97. The molecule has 154 valence electrons. The zero-order valence-corrected chi connectivity index (χ0v) is 17.4. The molecule has 10 heteroatoms. The summed E-state index contributed by atoms with van der Waals surface area (Å²) < 4.78 is 27.9. The van der Waals surface area contributed by atoms with Crippen molar-refractivity contribution in [3.8, 4) is 6.07 Å². The second kappa shape index (κ2) is 8.01. The highest BCUT2D eigenvalue weighted by atomic mass is 32.2. The van der Waals surface area contributed by atoms with Gasteiger partial charge in [-0.3, -0.25) is 14.3 Å². The summed E-state index contributed by atoms with van der Waals surface area (Å²) in [6, 6.07) is 12.4. The predicted molar refractivity (Wildman–Crippen MR) is 112 cm³/mol. The molecule has 1 saturated heterocycles. The molecule has 0 unspecified atom stereocenters. The van der Waals surface area contributed by atoms with E-state index in [1.54, 1.807) is 11.0 Å². The van der Waals surface area contributed by atoms with Gasteiger partial charge in [-0.25, -0.2) is 8.42 Å². The molecule has 2 N–H and O–H groups in total. The van der Waals surface area contributed by atoms with Crippen molar-refractivity contribution in [2.75, 3.05) is 23.1 Å². The minimum Gasteiger partial charge on any atom is -0.341 e. The number of hydrogen-bond donors (Lipinski definition) is 2. The maximum absolute atomic E-state index is 12.7. The maximum atomic E-state index is 12.7. The van der Waals surface area contributed by atoms with Crippen molar-refractivity contribution < 1.29 is 18.0 Å². The van der Waals surface area contributed by atoms with Crippen LogP contribution in [0.5, 0.6) is 0 Å². The van der Waals surface area contributed by atoms with Gasteiger partial charge in [0.1, 0.15) is 0 Å². The molecule has 2 amide bonds. The van der Waals surface area contributed by atoms with Crippen LogP contribution in [0.2, 0.25) is 0 Å². The first kappa shape index (κ1) is 20.3. The number of hydrogen-bond acceptors (Lipinski definition) is 6. The molecule has 0 bridgehead atoms. The molecule has 0 aromatic heterocycles. The van der Waals surface area contributed by atoms with E-state index in [2.05, 4.69) is 10.0 Å². The molecule has 1 fully saturated rings. The van der Waals surface area contributed by atoms with E-state index >= 15 is 0 Å². The summed E-state index contributed by atoms with van der Waals surface area (Å²) >= 11 is 1.14. The van der Waals surface area contributed by atoms with Crippen molar-refractivity contribution in [2.45, 2.75) is 27.9 Å². The predicted octanol–water partition coefficient (Wildman–Crippen LogP) is 2.39. The molecule has 0 spiro atoms. The fraction of sp³-hybridized carbons (Fsp3) is 0.250. The number of amides is 2. The van der Waals surface area contributed by atoms with Crippen LogP contribution in [-0.2, 0) is 19.6 Å². The van der Waals surface area contributed by atoms with Gasteiger partial charge in [0.05, 0.1) is 22.2 Å². The van der Waals surface area contributed by atoms with Gasteiger partial charge in [0.25, 0.3) is 10.0 Å². The summed E-state index contributed by atoms with van der Waals surface area (Å²) in [6.45, 7) is 1.32. The third-order valence-corrected chi connectivity index (χ3v) is 7.55. The van der Waals surface area contributed by atoms with Gasteiger partial charge >= 0.3 is 0 Å². The molecule has 0 radical (unpaired) electrons. The molecule has 2 heterocycles. The Kier molecular flexibility index (Phi) is 5.40. The van der Waals surface area contributed by atoms with Crippen LogP contribution in [0.4, 0.5) is 11.4 Å². The number of thioether (sulfide) groups is 1. The van der Waals surface area contributed by atoms with Gasteiger partial charge in [-0.15, -0.1) is 11.8 Å². The quantitative estimate of drug-likeness (QED) is 0.702. The van der Waals surface area contributed by atoms with E-state index in [0.29, 0.717) is 34.9 Å². The van der Waals surface area contributed by atoms with Gasteiger partial charge in [0.15, 0.2) is 5.25 Å². The number of fused-ring (bicyclic) bond motifs is 1.